The third kappa shape index (κ3) is 1.86. The Morgan fingerprint density at radius 3 is 2.81 bits per heavy atom. The largest absolute Gasteiger partial charge is 0.338 e. The zero-order chi connectivity index (χ0) is 11.0. The number of rotatable bonds is 1. The molecule has 1 aliphatic rings. The lowest BCUT2D eigenvalue weighted by molar-refractivity contribution is 0.338. The van der Waals surface area contributed by atoms with Gasteiger partial charge >= 0.3 is 0 Å². The molecule has 0 saturated heterocycles. The zero-order valence-corrected chi connectivity index (χ0v) is 10.8. The van der Waals surface area contributed by atoms with Gasteiger partial charge in [-0.1, -0.05) is 29.4 Å². The highest BCUT2D eigenvalue weighted by molar-refractivity contribution is 14.1. The van der Waals surface area contributed by atoms with Crippen LogP contribution in [0.1, 0.15) is 29.4 Å². The van der Waals surface area contributed by atoms with Crippen molar-refractivity contribution in [2.75, 3.05) is 0 Å². The van der Waals surface area contributed by atoms with Crippen LogP contribution in [0.3, 0.4) is 0 Å². The first-order valence-electron chi connectivity index (χ1n) is 5.39. The molecule has 82 valence electrons. The van der Waals surface area contributed by atoms with Gasteiger partial charge in [-0.3, -0.25) is 0 Å². The molecule has 0 radical (unpaired) electrons. The molecule has 0 saturated carbocycles. The highest BCUT2D eigenvalue weighted by Crippen LogP contribution is 2.31. The summed E-state index contributed by atoms with van der Waals surface area (Å²) < 4.78 is 5.95. The number of halogens is 1. The van der Waals surface area contributed by atoms with E-state index in [1.165, 1.54) is 11.1 Å². The summed E-state index contributed by atoms with van der Waals surface area (Å²) in [5, 5.41) is 3.85. The Bertz CT molecular complexity index is 509. The molecular formula is C12H11IN2O. The van der Waals surface area contributed by atoms with Gasteiger partial charge in [-0.2, -0.15) is 4.98 Å². The summed E-state index contributed by atoms with van der Waals surface area (Å²) in [5.41, 5.74) is 2.89. The predicted molar refractivity (Wildman–Crippen MR) is 68.2 cm³/mol. The van der Waals surface area contributed by atoms with Gasteiger partial charge in [0.15, 0.2) is 0 Å². The van der Waals surface area contributed by atoms with Crippen molar-refractivity contribution in [2.45, 2.75) is 25.2 Å². The van der Waals surface area contributed by atoms with Crippen molar-refractivity contribution in [1.82, 2.24) is 10.1 Å². The van der Waals surface area contributed by atoms with Crippen LogP contribution in [0.5, 0.6) is 0 Å². The van der Waals surface area contributed by atoms with Crippen molar-refractivity contribution in [2.24, 2.45) is 0 Å². The third-order valence-corrected chi connectivity index (χ3v) is 3.55. The van der Waals surface area contributed by atoms with E-state index < -0.39 is 0 Å². The molecule has 2 aromatic rings. The van der Waals surface area contributed by atoms with Gasteiger partial charge in [0, 0.05) is 28.5 Å². The molecule has 1 aromatic carbocycles. The summed E-state index contributed by atoms with van der Waals surface area (Å²) in [6.45, 7) is 0. The standard InChI is InChI=1S/C12H11IN2O/c13-12-14-11(16-15-12)10-6-5-8-3-1-2-4-9(8)7-10/h1-4,10H,5-7H2. The molecule has 3 rings (SSSR count). The fourth-order valence-corrected chi connectivity index (χ4v) is 2.63. The molecule has 3 nitrogen and oxygen atoms in total. The summed E-state index contributed by atoms with van der Waals surface area (Å²) in [6.07, 6.45) is 3.24. The molecule has 0 spiro atoms. The van der Waals surface area contributed by atoms with Gasteiger partial charge in [0.1, 0.15) is 0 Å². The van der Waals surface area contributed by atoms with Gasteiger partial charge in [-0.15, -0.1) is 0 Å². The van der Waals surface area contributed by atoms with Gasteiger partial charge in [0.05, 0.1) is 0 Å². The minimum Gasteiger partial charge on any atom is -0.338 e. The minimum absolute atomic E-state index is 0.394. The maximum absolute atomic E-state index is 5.25. The second-order valence-corrected chi connectivity index (χ2v) is 5.07. The molecule has 1 aromatic heterocycles. The van der Waals surface area contributed by atoms with E-state index in [9.17, 15) is 0 Å². The minimum atomic E-state index is 0.394. The normalized spacial score (nSPS) is 19.4. The first-order chi connectivity index (χ1) is 7.83. The number of aromatic nitrogens is 2. The quantitative estimate of drug-likeness (QED) is 0.757. The fraction of sp³-hybridized carbons (Fsp3) is 0.333. The molecule has 4 heteroatoms. The van der Waals surface area contributed by atoms with Crippen molar-refractivity contribution in [3.8, 4) is 0 Å². The van der Waals surface area contributed by atoms with Gasteiger partial charge in [0.25, 0.3) is 0 Å². The number of hydrogen-bond acceptors (Lipinski definition) is 3. The molecule has 0 bridgehead atoms. The van der Waals surface area contributed by atoms with E-state index in [4.69, 9.17) is 4.52 Å². The Kier molecular flexibility index (Phi) is 2.67. The van der Waals surface area contributed by atoms with E-state index in [2.05, 4.69) is 57.0 Å². The first-order valence-corrected chi connectivity index (χ1v) is 6.46. The van der Waals surface area contributed by atoms with Crippen LogP contribution in [-0.2, 0) is 12.8 Å². The molecule has 16 heavy (non-hydrogen) atoms. The third-order valence-electron chi connectivity index (χ3n) is 3.11. The van der Waals surface area contributed by atoms with Crippen LogP contribution in [-0.4, -0.2) is 10.1 Å². The van der Waals surface area contributed by atoms with Crippen molar-refractivity contribution >= 4 is 22.6 Å². The molecule has 1 aliphatic carbocycles. The van der Waals surface area contributed by atoms with Crippen LogP contribution in [0.25, 0.3) is 0 Å². The maximum atomic E-state index is 5.25. The molecule has 1 atom stereocenters. The van der Waals surface area contributed by atoms with Crippen molar-refractivity contribution in [1.29, 1.82) is 0 Å². The van der Waals surface area contributed by atoms with Crippen LogP contribution in [0.4, 0.5) is 0 Å². The molecular weight excluding hydrogens is 315 g/mol. The topological polar surface area (TPSA) is 38.9 Å². The average Bonchev–Trinajstić information content (AvgIpc) is 2.75. The van der Waals surface area contributed by atoms with Gasteiger partial charge < -0.3 is 4.52 Å². The molecule has 1 unspecified atom stereocenters. The lowest BCUT2D eigenvalue weighted by atomic mass is 9.84. The van der Waals surface area contributed by atoms with Gasteiger partial charge in [-0.25, -0.2) is 0 Å². The Morgan fingerprint density at radius 1 is 1.25 bits per heavy atom. The van der Waals surface area contributed by atoms with Crippen molar-refractivity contribution in [3.63, 3.8) is 0 Å². The fourth-order valence-electron chi connectivity index (χ4n) is 2.29. The maximum Gasteiger partial charge on any atom is 0.232 e. The number of hydrogen-bond donors (Lipinski definition) is 0. The number of nitrogens with zero attached hydrogens (tertiary/aromatic N) is 2. The second-order valence-electron chi connectivity index (χ2n) is 4.11. The second kappa shape index (κ2) is 4.16. The van der Waals surface area contributed by atoms with E-state index in [1.807, 2.05) is 0 Å². The summed E-state index contributed by atoms with van der Waals surface area (Å²) in [6, 6.07) is 8.61. The van der Waals surface area contributed by atoms with Crippen LogP contribution in [0.15, 0.2) is 28.8 Å². The number of fused-ring (bicyclic) bond motifs is 1. The lowest BCUT2D eigenvalue weighted by Gasteiger charge is -2.21. The first kappa shape index (κ1) is 10.3. The zero-order valence-electron chi connectivity index (χ0n) is 8.69. The monoisotopic (exact) mass is 326 g/mol. The van der Waals surface area contributed by atoms with Crippen LogP contribution >= 0.6 is 22.6 Å². The number of benzene rings is 1. The SMILES string of the molecule is Ic1noc(C2CCc3ccccc3C2)n1. The van der Waals surface area contributed by atoms with E-state index in [1.54, 1.807) is 0 Å². The molecule has 0 aliphatic heterocycles. The average molecular weight is 326 g/mol. The van der Waals surface area contributed by atoms with Gasteiger partial charge in [-0.05, 0) is 30.4 Å². The van der Waals surface area contributed by atoms with Crippen molar-refractivity contribution < 1.29 is 4.52 Å². The summed E-state index contributed by atoms with van der Waals surface area (Å²) >= 11 is 2.08. The molecule has 0 amide bonds. The Labute approximate surface area is 107 Å². The van der Waals surface area contributed by atoms with Crippen LogP contribution in [0.2, 0.25) is 0 Å². The Balaban J connectivity index is 1.88. The van der Waals surface area contributed by atoms with E-state index >= 15 is 0 Å². The molecule has 0 fully saturated rings. The summed E-state index contributed by atoms with van der Waals surface area (Å²) in [4.78, 5) is 4.32. The number of aryl methyl sites for hydroxylation is 1. The van der Waals surface area contributed by atoms with E-state index in [0.717, 1.165) is 25.2 Å². The Hall–Kier alpha value is -0.910. The lowest BCUT2D eigenvalue weighted by Crippen LogP contribution is -2.12. The van der Waals surface area contributed by atoms with E-state index in [-0.39, 0.29) is 0 Å². The van der Waals surface area contributed by atoms with Crippen LogP contribution < -0.4 is 0 Å². The highest BCUT2D eigenvalue weighted by Gasteiger charge is 2.24. The predicted octanol–water partition coefficient (Wildman–Crippen LogP) is 2.95. The molecule has 1 heterocycles. The smallest absolute Gasteiger partial charge is 0.232 e. The highest BCUT2D eigenvalue weighted by atomic mass is 127. The summed E-state index contributed by atoms with van der Waals surface area (Å²) in [5.74, 6) is 1.19. The van der Waals surface area contributed by atoms with Gasteiger partial charge in [0.2, 0.25) is 9.72 Å². The summed E-state index contributed by atoms with van der Waals surface area (Å²) in [7, 11) is 0. The Morgan fingerprint density at radius 2 is 2.06 bits per heavy atom. The van der Waals surface area contributed by atoms with E-state index in [0.29, 0.717) is 9.75 Å². The van der Waals surface area contributed by atoms with Crippen molar-refractivity contribution in [3.05, 3.63) is 45.1 Å². The van der Waals surface area contributed by atoms with Crippen LogP contribution in [0, 0.1) is 3.83 Å². The molecule has 0 N–H and O–H groups in total.